The molecule has 1 aliphatic carbocycles. The third-order valence-corrected chi connectivity index (χ3v) is 12.7. The number of nitrogens with zero attached hydrogens (tertiary/aromatic N) is 1. The van der Waals surface area contributed by atoms with Crippen molar-refractivity contribution < 1.29 is 0 Å². The third-order valence-electron chi connectivity index (χ3n) is 12.7. The Morgan fingerprint density at radius 1 is 0.409 bits per heavy atom. The second-order valence-electron chi connectivity index (χ2n) is 17.1. The predicted molar refractivity (Wildman–Crippen MR) is 284 cm³/mol. The summed E-state index contributed by atoms with van der Waals surface area (Å²) in [6, 6.07) is 80.6. The van der Waals surface area contributed by atoms with Gasteiger partial charge in [-0.1, -0.05) is 254 Å². The van der Waals surface area contributed by atoms with Gasteiger partial charge in [0.1, 0.15) is 0 Å². The van der Waals surface area contributed by atoms with Gasteiger partial charge in [-0.05, 0) is 102 Å². The third kappa shape index (κ3) is 8.77. The lowest BCUT2D eigenvalue weighted by atomic mass is 9.70. The Hall–Kier alpha value is -8.00. The monoisotopic (exact) mass is 849 g/mol. The second-order valence-corrected chi connectivity index (χ2v) is 17.1. The quantitative estimate of drug-likeness (QED) is 0.134. The first-order chi connectivity index (χ1) is 32.5. The lowest BCUT2D eigenvalue weighted by Gasteiger charge is -2.32. The van der Waals surface area contributed by atoms with Crippen LogP contribution in [0.15, 0.2) is 261 Å². The molecule has 1 aromatic heterocycles. The highest BCUT2D eigenvalue weighted by Gasteiger charge is 2.43. The minimum atomic E-state index is -0.155. The van der Waals surface area contributed by atoms with Crippen LogP contribution in [0.25, 0.3) is 60.9 Å². The minimum absolute atomic E-state index is 0.155. The van der Waals surface area contributed by atoms with E-state index in [2.05, 4.69) is 250 Å². The Bertz CT molecular complexity index is 3300. The summed E-state index contributed by atoms with van der Waals surface area (Å²) in [6.45, 7) is 10.1. The van der Waals surface area contributed by atoms with E-state index in [9.17, 15) is 0 Å². The number of para-hydroxylation sites is 2. The van der Waals surface area contributed by atoms with Gasteiger partial charge in [-0.2, -0.15) is 0 Å². The zero-order valence-corrected chi connectivity index (χ0v) is 38.1. The highest BCUT2D eigenvalue weighted by molar-refractivity contribution is 6.10. The molecule has 0 amide bonds. The molecule has 1 atom stereocenters. The SMILES string of the molecule is C=C/C=C\C=C/CC1(c2ccccc2)c2ccccc2-c2ccc(C)cc21.Cc1ccc(-c2ccccc2-c2ccc3c4ccccc4n(-c4ccccc4)c3c2)cc1.Cc1ccccc1. The maximum absolute atomic E-state index is 3.75. The van der Waals surface area contributed by atoms with E-state index in [1.54, 1.807) is 6.08 Å². The fourth-order valence-electron chi connectivity index (χ4n) is 9.57. The summed E-state index contributed by atoms with van der Waals surface area (Å²) in [5, 5.41) is 2.56. The van der Waals surface area contributed by atoms with Crippen LogP contribution in [0.2, 0.25) is 0 Å². The first-order valence-corrected chi connectivity index (χ1v) is 22.9. The molecule has 10 aromatic rings. The smallest absolute Gasteiger partial charge is 0.0547 e. The van der Waals surface area contributed by atoms with Crippen LogP contribution < -0.4 is 0 Å². The van der Waals surface area contributed by atoms with Crippen molar-refractivity contribution in [3.05, 3.63) is 295 Å². The summed E-state index contributed by atoms with van der Waals surface area (Å²) in [5.74, 6) is 0. The van der Waals surface area contributed by atoms with Crippen molar-refractivity contribution in [1.82, 2.24) is 4.57 Å². The molecule has 0 bridgehead atoms. The van der Waals surface area contributed by atoms with E-state index in [0.29, 0.717) is 0 Å². The van der Waals surface area contributed by atoms with E-state index in [1.807, 2.05) is 30.4 Å². The molecule has 0 N–H and O–H groups in total. The van der Waals surface area contributed by atoms with E-state index in [-0.39, 0.29) is 5.41 Å². The molecule has 9 aromatic carbocycles. The molecule has 0 saturated heterocycles. The molecule has 1 heterocycles. The Labute approximate surface area is 391 Å². The maximum Gasteiger partial charge on any atom is 0.0547 e. The zero-order valence-electron chi connectivity index (χ0n) is 38.1. The molecule has 0 aliphatic heterocycles. The Morgan fingerprint density at radius 3 is 1.65 bits per heavy atom. The van der Waals surface area contributed by atoms with E-state index < -0.39 is 0 Å². The molecule has 0 saturated carbocycles. The highest BCUT2D eigenvalue weighted by atomic mass is 15.0. The minimum Gasteiger partial charge on any atom is -0.309 e. The van der Waals surface area contributed by atoms with Crippen molar-refractivity contribution in [3.63, 3.8) is 0 Å². The second kappa shape index (κ2) is 19.8. The van der Waals surface area contributed by atoms with E-state index >= 15 is 0 Å². The van der Waals surface area contributed by atoms with Crippen LogP contribution in [0.4, 0.5) is 0 Å². The molecule has 66 heavy (non-hydrogen) atoms. The Morgan fingerprint density at radius 2 is 0.955 bits per heavy atom. The molecule has 1 heteroatoms. The number of rotatable bonds is 8. The van der Waals surface area contributed by atoms with Crippen LogP contribution in [0.3, 0.4) is 0 Å². The van der Waals surface area contributed by atoms with Gasteiger partial charge in [-0.25, -0.2) is 0 Å². The molecular formula is C65H55N. The van der Waals surface area contributed by atoms with Crippen LogP contribution in [0.5, 0.6) is 0 Å². The van der Waals surface area contributed by atoms with Gasteiger partial charge in [0.05, 0.1) is 11.0 Å². The van der Waals surface area contributed by atoms with Crippen LogP contribution in [-0.4, -0.2) is 4.57 Å². The first-order valence-electron chi connectivity index (χ1n) is 22.9. The molecule has 1 unspecified atom stereocenters. The van der Waals surface area contributed by atoms with Crippen molar-refractivity contribution in [2.75, 3.05) is 0 Å². The van der Waals surface area contributed by atoms with Gasteiger partial charge in [0, 0.05) is 21.9 Å². The van der Waals surface area contributed by atoms with E-state index in [0.717, 1.165) is 6.42 Å². The molecule has 320 valence electrons. The van der Waals surface area contributed by atoms with Gasteiger partial charge in [0.25, 0.3) is 0 Å². The summed E-state index contributed by atoms with van der Waals surface area (Å²) < 4.78 is 2.38. The lowest BCUT2D eigenvalue weighted by molar-refractivity contribution is 0.644. The van der Waals surface area contributed by atoms with Gasteiger partial charge < -0.3 is 4.57 Å². The van der Waals surface area contributed by atoms with Crippen molar-refractivity contribution in [3.8, 4) is 39.1 Å². The molecule has 11 rings (SSSR count). The number of allylic oxidation sites excluding steroid dienone is 5. The zero-order chi connectivity index (χ0) is 45.3. The summed E-state index contributed by atoms with van der Waals surface area (Å²) >= 11 is 0. The van der Waals surface area contributed by atoms with Crippen LogP contribution in [-0.2, 0) is 5.41 Å². The molecule has 0 radical (unpaired) electrons. The van der Waals surface area contributed by atoms with Gasteiger partial charge >= 0.3 is 0 Å². The standard InChI is InChI=1S/C31H23N.C27H24.C7H8/c1-22-15-17-23(18-16-22)26-11-5-6-12-27(26)24-19-20-29-28-13-7-8-14-30(28)32(31(29)21-24)25-9-3-2-4-10-25;1-3-4-5-6-12-19-27(22-13-8-7-9-14-22)25-16-11-10-15-23(25)24-18-17-21(2)20-26(24)27;1-7-5-3-2-4-6-7/h2-21H,1H3;3-18,20H,1,19H2,2H3;2-6H,1H3/b;5-4-,12-6-;. The van der Waals surface area contributed by atoms with Crippen LogP contribution in [0.1, 0.15) is 39.8 Å². The van der Waals surface area contributed by atoms with Crippen LogP contribution in [0, 0.1) is 20.8 Å². The van der Waals surface area contributed by atoms with Crippen LogP contribution >= 0.6 is 0 Å². The largest absolute Gasteiger partial charge is 0.309 e. The topological polar surface area (TPSA) is 4.93 Å². The van der Waals surface area contributed by atoms with Crippen molar-refractivity contribution in [2.24, 2.45) is 0 Å². The number of aryl methyl sites for hydroxylation is 3. The summed E-state index contributed by atoms with van der Waals surface area (Å²) in [4.78, 5) is 0. The van der Waals surface area contributed by atoms with E-state index in [1.165, 1.54) is 94.3 Å². The van der Waals surface area contributed by atoms with Crippen molar-refractivity contribution >= 4 is 21.8 Å². The maximum atomic E-state index is 3.75. The van der Waals surface area contributed by atoms with Gasteiger partial charge in [0.15, 0.2) is 0 Å². The highest BCUT2D eigenvalue weighted by Crippen LogP contribution is 2.54. The molecule has 1 nitrogen and oxygen atoms in total. The van der Waals surface area contributed by atoms with Gasteiger partial charge in [0.2, 0.25) is 0 Å². The van der Waals surface area contributed by atoms with E-state index in [4.69, 9.17) is 0 Å². The van der Waals surface area contributed by atoms with Crippen molar-refractivity contribution in [1.29, 1.82) is 0 Å². The fraction of sp³-hybridized carbons (Fsp3) is 0.0769. The predicted octanol–water partition coefficient (Wildman–Crippen LogP) is 17.4. The number of benzene rings is 9. The normalized spacial score (nSPS) is 13.7. The summed E-state index contributed by atoms with van der Waals surface area (Å²) in [5.41, 5.74) is 19.2. The number of fused-ring (bicyclic) bond motifs is 6. The number of aromatic nitrogens is 1. The molecule has 0 fully saturated rings. The average molecular weight is 850 g/mol. The average Bonchev–Trinajstić information content (AvgIpc) is 3.85. The number of hydrogen-bond donors (Lipinski definition) is 0. The summed E-state index contributed by atoms with van der Waals surface area (Å²) in [7, 11) is 0. The summed E-state index contributed by atoms with van der Waals surface area (Å²) in [6.07, 6.45) is 11.1. The fourth-order valence-corrected chi connectivity index (χ4v) is 9.57. The first kappa shape index (κ1) is 43.3. The molecular weight excluding hydrogens is 795 g/mol. The number of hydrogen-bond acceptors (Lipinski definition) is 0. The molecule has 1 aliphatic rings. The molecule has 0 spiro atoms. The van der Waals surface area contributed by atoms with Gasteiger partial charge in [-0.15, -0.1) is 0 Å². The Kier molecular flexibility index (Phi) is 13.0. The van der Waals surface area contributed by atoms with Crippen molar-refractivity contribution in [2.45, 2.75) is 32.6 Å². The van der Waals surface area contributed by atoms with Gasteiger partial charge in [-0.3, -0.25) is 0 Å². The lowest BCUT2D eigenvalue weighted by Crippen LogP contribution is -2.26. The Balaban J connectivity index is 0.000000146.